The molecule has 1 fully saturated rings. The Labute approximate surface area is 123 Å². The van der Waals surface area contributed by atoms with Crippen LogP contribution >= 0.6 is 0 Å². The van der Waals surface area contributed by atoms with E-state index in [-0.39, 0.29) is 18.0 Å². The van der Waals surface area contributed by atoms with Gasteiger partial charge in [-0.25, -0.2) is 0 Å². The Kier molecular flexibility index (Phi) is 3.75. The van der Waals surface area contributed by atoms with Crippen molar-refractivity contribution >= 4 is 23.1 Å². The number of carbonyl (C=O) groups excluding carboxylic acids is 2. The van der Waals surface area contributed by atoms with E-state index < -0.39 is 0 Å². The second-order valence-corrected chi connectivity index (χ2v) is 5.68. The molecule has 2 aromatic rings. The van der Waals surface area contributed by atoms with E-state index in [1.165, 1.54) is 0 Å². The Morgan fingerprint density at radius 3 is 3.05 bits per heavy atom. The molecule has 0 unspecified atom stereocenters. The topological polar surface area (TPSA) is 65.2 Å². The number of rotatable bonds is 4. The molecule has 1 aromatic heterocycles. The van der Waals surface area contributed by atoms with E-state index in [9.17, 15) is 9.59 Å². The highest BCUT2D eigenvalue weighted by atomic mass is 16.1. The zero-order valence-corrected chi connectivity index (χ0v) is 12.0. The number of aldehydes is 1. The van der Waals surface area contributed by atoms with E-state index in [2.05, 4.69) is 10.3 Å². The fourth-order valence-corrected chi connectivity index (χ4v) is 3.02. The third-order valence-corrected chi connectivity index (χ3v) is 4.15. The number of para-hydroxylation sites is 1. The monoisotopic (exact) mass is 285 g/mol. The number of amides is 1. The molecule has 1 aliphatic heterocycles. The highest BCUT2D eigenvalue weighted by Crippen LogP contribution is 2.19. The van der Waals surface area contributed by atoms with Crippen LogP contribution in [0.3, 0.4) is 0 Å². The summed E-state index contributed by atoms with van der Waals surface area (Å²) in [6.45, 7) is 0.725. The molecule has 3 rings (SSSR count). The third kappa shape index (κ3) is 2.83. The van der Waals surface area contributed by atoms with Crippen molar-refractivity contribution in [1.82, 2.24) is 15.2 Å². The van der Waals surface area contributed by atoms with Gasteiger partial charge in [-0.2, -0.15) is 0 Å². The number of aromatic nitrogens is 1. The highest BCUT2D eigenvalue weighted by Gasteiger charge is 2.29. The number of hydrogen-bond acceptors (Lipinski definition) is 3. The summed E-state index contributed by atoms with van der Waals surface area (Å²) >= 11 is 0. The molecule has 0 spiro atoms. The number of nitrogens with one attached hydrogen (secondary N) is 2. The quantitative estimate of drug-likeness (QED) is 0.827. The number of fused-ring (bicyclic) bond motifs is 1. The summed E-state index contributed by atoms with van der Waals surface area (Å²) in [5.74, 6) is 0.00435. The maximum Gasteiger partial charge on any atom is 0.224 e. The molecule has 0 saturated carbocycles. The molecular weight excluding hydrogens is 266 g/mol. The van der Waals surface area contributed by atoms with Crippen LogP contribution in [-0.4, -0.2) is 47.8 Å². The number of hydrogen-bond donors (Lipinski definition) is 2. The maximum absolute atomic E-state index is 12.2. The number of likely N-dealkylation sites (N-methyl/N-ethyl adjacent to an activating group) is 1. The van der Waals surface area contributed by atoms with Crippen LogP contribution in [0.5, 0.6) is 0 Å². The number of nitrogens with zero attached hydrogens (tertiary/aromatic N) is 1. The van der Waals surface area contributed by atoms with Gasteiger partial charge in [-0.05, 0) is 25.1 Å². The SMILES string of the molecule is CN1C[C@H](NC(=O)Cc2c[nH]c3ccccc23)C[C@@H]1C=O. The maximum atomic E-state index is 12.2. The lowest BCUT2D eigenvalue weighted by molar-refractivity contribution is -0.121. The zero-order valence-electron chi connectivity index (χ0n) is 12.0. The standard InChI is InChI=1S/C16H19N3O2/c1-19-9-12(7-13(19)10-20)18-16(21)6-11-8-17-15-5-3-2-4-14(11)15/h2-5,8,10,12-13,17H,6-7,9H2,1H3,(H,18,21)/t12-,13-/m1/s1. The molecule has 5 nitrogen and oxygen atoms in total. The first-order chi connectivity index (χ1) is 10.2. The molecule has 0 radical (unpaired) electrons. The van der Waals surface area contributed by atoms with Crippen molar-refractivity contribution in [2.75, 3.05) is 13.6 Å². The van der Waals surface area contributed by atoms with Gasteiger partial charge in [0, 0.05) is 29.7 Å². The molecule has 1 saturated heterocycles. The Morgan fingerprint density at radius 1 is 1.48 bits per heavy atom. The van der Waals surface area contributed by atoms with E-state index in [0.717, 1.165) is 29.3 Å². The van der Waals surface area contributed by atoms with E-state index >= 15 is 0 Å². The van der Waals surface area contributed by atoms with Gasteiger partial charge in [-0.3, -0.25) is 9.69 Å². The number of aromatic amines is 1. The first-order valence-corrected chi connectivity index (χ1v) is 7.17. The Hall–Kier alpha value is -2.14. The van der Waals surface area contributed by atoms with Crippen LogP contribution in [0.25, 0.3) is 10.9 Å². The molecule has 1 aromatic carbocycles. The smallest absolute Gasteiger partial charge is 0.224 e. The second-order valence-electron chi connectivity index (χ2n) is 5.68. The van der Waals surface area contributed by atoms with Gasteiger partial charge < -0.3 is 15.1 Å². The van der Waals surface area contributed by atoms with Crippen molar-refractivity contribution in [1.29, 1.82) is 0 Å². The molecule has 0 bridgehead atoms. The van der Waals surface area contributed by atoms with Gasteiger partial charge in [0.05, 0.1) is 12.5 Å². The lowest BCUT2D eigenvalue weighted by Crippen LogP contribution is -2.37. The van der Waals surface area contributed by atoms with Gasteiger partial charge >= 0.3 is 0 Å². The summed E-state index contributed by atoms with van der Waals surface area (Å²) in [6, 6.07) is 7.93. The van der Waals surface area contributed by atoms with Gasteiger partial charge in [0.1, 0.15) is 6.29 Å². The Morgan fingerprint density at radius 2 is 2.29 bits per heavy atom. The average molecular weight is 285 g/mol. The zero-order chi connectivity index (χ0) is 14.8. The molecule has 21 heavy (non-hydrogen) atoms. The fraction of sp³-hybridized carbons (Fsp3) is 0.375. The predicted octanol–water partition coefficient (Wildman–Crippen LogP) is 1.10. The minimum atomic E-state index is -0.0802. The van der Waals surface area contributed by atoms with Crippen molar-refractivity contribution < 1.29 is 9.59 Å². The van der Waals surface area contributed by atoms with Gasteiger partial charge in [0.2, 0.25) is 5.91 Å². The minimum Gasteiger partial charge on any atom is -0.361 e. The fourth-order valence-electron chi connectivity index (χ4n) is 3.02. The first kappa shape index (κ1) is 13.8. The van der Waals surface area contributed by atoms with E-state index in [4.69, 9.17) is 0 Å². The Bertz CT molecular complexity index is 664. The molecule has 2 atom stereocenters. The lowest BCUT2D eigenvalue weighted by atomic mass is 10.1. The summed E-state index contributed by atoms with van der Waals surface area (Å²) in [6.07, 6.45) is 3.89. The van der Waals surface area contributed by atoms with E-state index in [1.54, 1.807) is 0 Å². The second kappa shape index (κ2) is 5.69. The normalized spacial score (nSPS) is 22.5. The molecule has 2 N–H and O–H groups in total. The first-order valence-electron chi connectivity index (χ1n) is 7.17. The molecule has 1 aliphatic rings. The van der Waals surface area contributed by atoms with Crippen molar-refractivity contribution in [2.45, 2.75) is 24.9 Å². The molecular formula is C16H19N3O2. The van der Waals surface area contributed by atoms with Crippen molar-refractivity contribution in [3.05, 3.63) is 36.0 Å². The Balaban J connectivity index is 1.63. The number of H-pyrrole nitrogens is 1. The highest BCUT2D eigenvalue weighted by molar-refractivity contribution is 5.89. The van der Waals surface area contributed by atoms with Crippen molar-refractivity contribution in [3.63, 3.8) is 0 Å². The summed E-state index contributed by atoms with van der Waals surface area (Å²) in [4.78, 5) is 28.2. The van der Waals surface area contributed by atoms with Crippen LogP contribution in [0, 0.1) is 0 Å². The molecule has 1 amide bonds. The lowest BCUT2D eigenvalue weighted by Gasteiger charge is -2.12. The van der Waals surface area contributed by atoms with Crippen LogP contribution in [0.2, 0.25) is 0 Å². The number of benzene rings is 1. The van der Waals surface area contributed by atoms with E-state index in [0.29, 0.717) is 12.8 Å². The van der Waals surface area contributed by atoms with Gasteiger partial charge in [-0.15, -0.1) is 0 Å². The summed E-state index contributed by atoms with van der Waals surface area (Å²) < 4.78 is 0. The van der Waals surface area contributed by atoms with Crippen LogP contribution < -0.4 is 5.32 Å². The molecule has 2 heterocycles. The summed E-state index contributed by atoms with van der Waals surface area (Å²) in [5.41, 5.74) is 2.04. The van der Waals surface area contributed by atoms with Crippen LogP contribution in [0.15, 0.2) is 30.5 Å². The third-order valence-electron chi connectivity index (χ3n) is 4.15. The van der Waals surface area contributed by atoms with Crippen LogP contribution in [0.1, 0.15) is 12.0 Å². The number of carbonyl (C=O) groups is 2. The summed E-state index contributed by atoms with van der Waals surface area (Å²) in [7, 11) is 1.91. The van der Waals surface area contributed by atoms with Gasteiger partial charge in [-0.1, -0.05) is 18.2 Å². The molecule has 110 valence electrons. The van der Waals surface area contributed by atoms with Crippen LogP contribution in [0.4, 0.5) is 0 Å². The van der Waals surface area contributed by atoms with Crippen LogP contribution in [-0.2, 0) is 16.0 Å². The average Bonchev–Trinajstić information content (AvgIpc) is 3.03. The number of likely N-dealkylation sites (tertiary alicyclic amines) is 1. The van der Waals surface area contributed by atoms with Crippen molar-refractivity contribution in [3.8, 4) is 0 Å². The molecule has 0 aliphatic carbocycles. The minimum absolute atomic E-state index is 0.00435. The molecule has 5 heteroatoms. The van der Waals surface area contributed by atoms with E-state index in [1.807, 2.05) is 42.4 Å². The largest absolute Gasteiger partial charge is 0.361 e. The van der Waals surface area contributed by atoms with Crippen molar-refractivity contribution in [2.24, 2.45) is 0 Å². The van der Waals surface area contributed by atoms with Gasteiger partial charge in [0.25, 0.3) is 0 Å². The van der Waals surface area contributed by atoms with Gasteiger partial charge in [0.15, 0.2) is 0 Å². The predicted molar refractivity (Wildman–Crippen MR) is 81.0 cm³/mol. The summed E-state index contributed by atoms with van der Waals surface area (Å²) in [5, 5.41) is 4.11.